The number of nitrogens with zero attached hydrogens (tertiary/aromatic N) is 5. The van der Waals surface area contributed by atoms with Crippen molar-refractivity contribution >= 4 is 28.9 Å². The first kappa shape index (κ1) is 19.8. The third kappa shape index (κ3) is 4.14. The molecule has 0 spiro atoms. The topological polar surface area (TPSA) is 137 Å². The van der Waals surface area contributed by atoms with Gasteiger partial charge in [0.2, 0.25) is 0 Å². The van der Waals surface area contributed by atoms with Crippen LogP contribution in [0.15, 0.2) is 18.2 Å². The van der Waals surface area contributed by atoms with Crippen molar-refractivity contribution in [2.45, 2.75) is 19.9 Å². The van der Waals surface area contributed by atoms with Gasteiger partial charge in [-0.1, -0.05) is 17.7 Å². The summed E-state index contributed by atoms with van der Waals surface area (Å²) in [6, 6.07) is 7.87. The summed E-state index contributed by atoms with van der Waals surface area (Å²) >= 11 is 6.24. The predicted molar refractivity (Wildman–Crippen MR) is 107 cm³/mol. The summed E-state index contributed by atoms with van der Waals surface area (Å²) in [5.74, 6) is 0.565. The fraction of sp³-hybridized carbons (Fsp3) is 0.333. The zero-order chi connectivity index (χ0) is 20.1. The van der Waals surface area contributed by atoms with Crippen LogP contribution >= 0.6 is 11.6 Å². The monoisotopic (exact) mass is 400 g/mol. The summed E-state index contributed by atoms with van der Waals surface area (Å²) in [7, 11) is 0. The number of hydrogen-bond donors (Lipinski definition) is 4. The van der Waals surface area contributed by atoms with Crippen LogP contribution in [0, 0.1) is 18.3 Å². The highest BCUT2D eigenvalue weighted by Crippen LogP contribution is 2.27. The molecule has 0 fully saturated rings. The van der Waals surface area contributed by atoms with E-state index >= 15 is 0 Å². The SMILES string of the molecule is Cc1nn2c(N)c(C#N)c(NCCc3cccc(CNCCO)n3)nc2c1Cl. The molecule has 0 unspecified atom stereocenters. The van der Waals surface area contributed by atoms with Gasteiger partial charge in [-0.3, -0.25) is 4.98 Å². The van der Waals surface area contributed by atoms with Gasteiger partial charge in [-0.15, -0.1) is 0 Å². The third-order valence-electron chi connectivity index (χ3n) is 4.15. The largest absolute Gasteiger partial charge is 0.395 e. The van der Waals surface area contributed by atoms with E-state index in [1.165, 1.54) is 4.52 Å². The van der Waals surface area contributed by atoms with E-state index < -0.39 is 0 Å². The van der Waals surface area contributed by atoms with E-state index in [1.807, 2.05) is 18.2 Å². The molecular formula is C18H21ClN8O. The molecule has 0 bridgehead atoms. The average Bonchev–Trinajstić information content (AvgIpc) is 2.97. The van der Waals surface area contributed by atoms with Crippen LogP contribution < -0.4 is 16.4 Å². The summed E-state index contributed by atoms with van der Waals surface area (Å²) in [6.07, 6.45) is 0.636. The molecule has 0 radical (unpaired) electrons. The number of halogens is 1. The van der Waals surface area contributed by atoms with Gasteiger partial charge in [-0.25, -0.2) is 4.98 Å². The summed E-state index contributed by atoms with van der Waals surface area (Å²) < 4.78 is 1.38. The Hall–Kier alpha value is -2.93. The number of nitrogens with two attached hydrogens (primary N) is 1. The maximum Gasteiger partial charge on any atom is 0.178 e. The smallest absolute Gasteiger partial charge is 0.178 e. The highest BCUT2D eigenvalue weighted by atomic mass is 35.5. The van der Waals surface area contributed by atoms with Crippen molar-refractivity contribution in [3.05, 3.63) is 45.9 Å². The number of pyridine rings is 1. The lowest BCUT2D eigenvalue weighted by Gasteiger charge is -2.10. The molecule has 146 valence electrons. The van der Waals surface area contributed by atoms with Crippen LogP contribution in [0.3, 0.4) is 0 Å². The number of rotatable bonds is 8. The maximum atomic E-state index is 9.47. The molecule has 0 aliphatic rings. The first-order valence-corrected chi connectivity index (χ1v) is 9.17. The van der Waals surface area contributed by atoms with Crippen LogP contribution in [0.4, 0.5) is 11.6 Å². The average molecular weight is 401 g/mol. The molecule has 0 atom stereocenters. The van der Waals surface area contributed by atoms with Crippen molar-refractivity contribution in [3.8, 4) is 6.07 Å². The van der Waals surface area contributed by atoms with Crippen LogP contribution in [0.1, 0.15) is 22.6 Å². The molecule has 0 aliphatic carbocycles. The lowest BCUT2D eigenvalue weighted by molar-refractivity contribution is 0.291. The number of nitriles is 1. The van der Waals surface area contributed by atoms with Gasteiger partial charge in [-0.2, -0.15) is 14.9 Å². The van der Waals surface area contributed by atoms with E-state index in [0.29, 0.717) is 48.2 Å². The van der Waals surface area contributed by atoms with Crippen molar-refractivity contribution < 1.29 is 5.11 Å². The molecule has 5 N–H and O–H groups in total. The lowest BCUT2D eigenvalue weighted by Crippen LogP contribution is -2.18. The molecule has 0 amide bonds. The number of hydrogen-bond acceptors (Lipinski definition) is 8. The van der Waals surface area contributed by atoms with Crippen molar-refractivity contribution in [3.63, 3.8) is 0 Å². The van der Waals surface area contributed by atoms with E-state index in [-0.39, 0.29) is 18.0 Å². The van der Waals surface area contributed by atoms with Gasteiger partial charge in [0.05, 0.1) is 18.0 Å². The number of aliphatic hydroxyl groups is 1. The molecule has 3 aromatic rings. The number of aromatic nitrogens is 4. The van der Waals surface area contributed by atoms with Gasteiger partial charge in [0.1, 0.15) is 28.3 Å². The molecular weight excluding hydrogens is 380 g/mol. The number of fused-ring (bicyclic) bond motifs is 1. The first-order valence-electron chi connectivity index (χ1n) is 8.79. The molecule has 3 aromatic heterocycles. The van der Waals surface area contributed by atoms with Crippen LogP contribution in [0.25, 0.3) is 5.65 Å². The lowest BCUT2D eigenvalue weighted by atomic mass is 10.2. The number of aryl methyl sites for hydroxylation is 1. The summed E-state index contributed by atoms with van der Waals surface area (Å²) in [6.45, 7) is 3.48. The summed E-state index contributed by atoms with van der Waals surface area (Å²) in [4.78, 5) is 9.00. The Morgan fingerprint density at radius 1 is 1.29 bits per heavy atom. The second-order valence-corrected chi connectivity index (χ2v) is 6.54. The van der Waals surface area contributed by atoms with Gasteiger partial charge < -0.3 is 21.5 Å². The van der Waals surface area contributed by atoms with Crippen molar-refractivity contribution in [2.75, 3.05) is 30.7 Å². The molecule has 3 heterocycles. The van der Waals surface area contributed by atoms with Crippen LogP contribution in [-0.2, 0) is 13.0 Å². The van der Waals surface area contributed by atoms with E-state index in [1.54, 1.807) is 6.92 Å². The van der Waals surface area contributed by atoms with E-state index in [4.69, 9.17) is 22.4 Å². The highest BCUT2D eigenvalue weighted by molar-refractivity contribution is 6.34. The first-order chi connectivity index (χ1) is 13.5. The Labute approximate surface area is 167 Å². The normalized spacial score (nSPS) is 10.9. The quantitative estimate of drug-likeness (QED) is 0.415. The molecule has 28 heavy (non-hydrogen) atoms. The van der Waals surface area contributed by atoms with Crippen LogP contribution in [-0.4, -0.2) is 44.4 Å². The molecule has 10 heteroatoms. The fourth-order valence-corrected chi connectivity index (χ4v) is 2.92. The molecule has 0 saturated heterocycles. The van der Waals surface area contributed by atoms with Gasteiger partial charge in [0.15, 0.2) is 5.65 Å². The fourth-order valence-electron chi connectivity index (χ4n) is 2.76. The molecule has 0 aromatic carbocycles. The zero-order valence-corrected chi connectivity index (χ0v) is 16.2. The van der Waals surface area contributed by atoms with Gasteiger partial charge in [0, 0.05) is 31.7 Å². The van der Waals surface area contributed by atoms with Crippen LogP contribution in [0.5, 0.6) is 0 Å². The zero-order valence-electron chi connectivity index (χ0n) is 15.4. The Bertz CT molecular complexity index is 1030. The van der Waals surface area contributed by atoms with Gasteiger partial charge in [-0.05, 0) is 19.1 Å². The van der Waals surface area contributed by atoms with E-state index in [0.717, 1.165) is 11.4 Å². The third-order valence-corrected chi connectivity index (χ3v) is 4.59. The molecule has 9 nitrogen and oxygen atoms in total. The minimum atomic E-state index is 0.0893. The molecule has 0 saturated carbocycles. The molecule has 0 aliphatic heterocycles. The van der Waals surface area contributed by atoms with Crippen molar-refractivity contribution in [1.29, 1.82) is 5.26 Å². The molecule has 3 rings (SSSR count). The second-order valence-electron chi connectivity index (χ2n) is 6.16. The van der Waals surface area contributed by atoms with Crippen LogP contribution in [0.2, 0.25) is 5.02 Å². The summed E-state index contributed by atoms with van der Waals surface area (Å²) in [5.41, 5.74) is 9.11. The standard InChI is InChI=1S/C18H21ClN8O/c1-11-15(19)18-25-17(14(9-20)16(21)27(18)26-11)23-6-5-12-3-2-4-13(24-12)10-22-7-8-28/h2-4,22,28H,5-8,10,21H2,1H3,(H,23,25). The van der Waals surface area contributed by atoms with Crippen molar-refractivity contribution in [2.24, 2.45) is 0 Å². The maximum absolute atomic E-state index is 9.47. The minimum Gasteiger partial charge on any atom is -0.395 e. The van der Waals surface area contributed by atoms with Gasteiger partial charge >= 0.3 is 0 Å². The number of aliphatic hydroxyl groups excluding tert-OH is 1. The number of anilines is 2. The van der Waals surface area contributed by atoms with E-state index in [9.17, 15) is 5.26 Å². The van der Waals surface area contributed by atoms with Crippen molar-refractivity contribution in [1.82, 2.24) is 24.9 Å². The van der Waals surface area contributed by atoms with Gasteiger partial charge in [0.25, 0.3) is 0 Å². The Balaban J connectivity index is 1.73. The number of nitrogen functional groups attached to an aromatic ring is 1. The summed E-state index contributed by atoms with van der Waals surface area (Å²) in [5, 5.41) is 29.2. The Morgan fingerprint density at radius 3 is 2.82 bits per heavy atom. The Morgan fingerprint density at radius 2 is 2.07 bits per heavy atom. The Kier molecular flexibility index (Phi) is 6.26. The number of nitrogens with one attached hydrogen (secondary N) is 2. The predicted octanol–water partition coefficient (Wildman–Crippen LogP) is 1.28. The highest BCUT2D eigenvalue weighted by Gasteiger charge is 2.17. The van der Waals surface area contributed by atoms with E-state index in [2.05, 4.69) is 31.8 Å². The minimum absolute atomic E-state index is 0.0893. The second kappa shape index (κ2) is 8.84.